The van der Waals surface area contributed by atoms with Crippen molar-refractivity contribution in [3.05, 3.63) is 0 Å². The number of hydrogen-bond acceptors (Lipinski definition) is 7. The molecule has 0 aromatic heterocycles. The third-order valence-electron chi connectivity index (χ3n) is 2.44. The van der Waals surface area contributed by atoms with Gasteiger partial charge in [-0.15, -0.1) is 4.89 Å². The van der Waals surface area contributed by atoms with E-state index in [4.69, 9.17) is 33.5 Å². The van der Waals surface area contributed by atoms with Crippen molar-refractivity contribution in [3.63, 3.8) is 0 Å². The lowest BCUT2D eigenvalue weighted by atomic mass is 10.2. The van der Waals surface area contributed by atoms with Gasteiger partial charge in [-0.25, -0.2) is 0 Å². The van der Waals surface area contributed by atoms with E-state index >= 15 is 0 Å². The molecule has 84 valence electrons. The van der Waals surface area contributed by atoms with Crippen LogP contribution in [0.25, 0.3) is 0 Å². The van der Waals surface area contributed by atoms with Crippen LogP contribution in [0.3, 0.4) is 0 Å². The number of fused-ring (bicyclic) bond motifs is 6. The van der Waals surface area contributed by atoms with E-state index in [1.165, 1.54) is 0 Å². The molecule has 4 rings (SSSR count). The summed E-state index contributed by atoms with van der Waals surface area (Å²) >= 11 is 0. The SMILES string of the molecule is C1Oc2c(c3c(c4c2OCO4)OOCO3)O1. The van der Waals surface area contributed by atoms with Crippen LogP contribution in [0.4, 0.5) is 0 Å². The lowest BCUT2D eigenvalue weighted by Crippen LogP contribution is -2.13. The highest BCUT2D eigenvalue weighted by Crippen LogP contribution is 2.61. The predicted molar refractivity (Wildman–Crippen MR) is 45.9 cm³/mol. The summed E-state index contributed by atoms with van der Waals surface area (Å²) in [5.74, 6) is 2.56. The summed E-state index contributed by atoms with van der Waals surface area (Å²) in [4.78, 5) is 9.75. The van der Waals surface area contributed by atoms with Crippen molar-refractivity contribution in [2.24, 2.45) is 0 Å². The molecule has 0 atom stereocenters. The van der Waals surface area contributed by atoms with Crippen LogP contribution in [0.15, 0.2) is 0 Å². The number of benzene rings is 1. The van der Waals surface area contributed by atoms with E-state index in [9.17, 15) is 0 Å². The first kappa shape index (κ1) is 8.17. The highest BCUT2D eigenvalue weighted by atomic mass is 17.2. The standard InChI is InChI=1S/C9H6O7/c1-10-4-5-7(13-2-12-5)9-8(6(4)11-1)14-3-15-16-9/h1-3H2. The molecule has 3 aliphatic heterocycles. The minimum atomic E-state index is -0.0115. The second-order valence-corrected chi connectivity index (χ2v) is 3.25. The second-order valence-electron chi connectivity index (χ2n) is 3.25. The Morgan fingerprint density at radius 3 is 1.50 bits per heavy atom. The minimum Gasteiger partial charge on any atom is -0.455 e. The Kier molecular flexibility index (Phi) is 1.41. The molecule has 1 aromatic rings. The van der Waals surface area contributed by atoms with Crippen LogP contribution < -0.4 is 28.6 Å². The largest absolute Gasteiger partial charge is 0.455 e. The van der Waals surface area contributed by atoms with Crippen molar-refractivity contribution in [1.29, 1.82) is 0 Å². The Labute approximate surface area is 89.2 Å². The maximum absolute atomic E-state index is 5.30. The Bertz CT molecular complexity index is 427. The van der Waals surface area contributed by atoms with E-state index in [0.717, 1.165) is 0 Å². The molecule has 0 fully saturated rings. The molecule has 1 aromatic carbocycles. The van der Waals surface area contributed by atoms with Gasteiger partial charge in [0.15, 0.2) is 0 Å². The van der Waals surface area contributed by atoms with Gasteiger partial charge in [0.1, 0.15) is 0 Å². The predicted octanol–water partition coefficient (Wildman–Crippen LogP) is 0.804. The number of rotatable bonds is 0. The fraction of sp³-hybridized carbons (Fsp3) is 0.333. The lowest BCUT2D eigenvalue weighted by molar-refractivity contribution is -0.264. The van der Waals surface area contributed by atoms with E-state index in [1.54, 1.807) is 0 Å². The molecule has 16 heavy (non-hydrogen) atoms. The van der Waals surface area contributed by atoms with Crippen LogP contribution in [-0.2, 0) is 4.89 Å². The molecule has 0 N–H and O–H groups in total. The van der Waals surface area contributed by atoms with Crippen molar-refractivity contribution < 1.29 is 33.5 Å². The maximum Gasteiger partial charge on any atom is 0.257 e. The molecule has 0 spiro atoms. The molecule has 0 radical (unpaired) electrons. The Morgan fingerprint density at radius 2 is 0.938 bits per heavy atom. The zero-order valence-corrected chi connectivity index (χ0v) is 7.98. The van der Waals surface area contributed by atoms with Gasteiger partial charge in [0.05, 0.1) is 0 Å². The average Bonchev–Trinajstić information content (AvgIpc) is 2.98. The monoisotopic (exact) mass is 226 g/mol. The van der Waals surface area contributed by atoms with Crippen LogP contribution in [0.2, 0.25) is 0 Å². The Hall–Kier alpha value is -2.02. The van der Waals surface area contributed by atoms with Crippen LogP contribution in [-0.4, -0.2) is 20.4 Å². The van der Waals surface area contributed by atoms with Gasteiger partial charge in [-0.1, -0.05) is 0 Å². The molecular formula is C9H6O7. The summed E-state index contributed by atoms with van der Waals surface area (Å²) in [5.41, 5.74) is 0. The molecule has 0 bridgehead atoms. The highest BCUT2D eigenvalue weighted by molar-refractivity contribution is 5.74. The lowest BCUT2D eigenvalue weighted by Gasteiger charge is -2.18. The number of ether oxygens (including phenoxy) is 5. The van der Waals surface area contributed by atoms with Crippen molar-refractivity contribution in [2.45, 2.75) is 0 Å². The third kappa shape index (κ3) is 0.860. The van der Waals surface area contributed by atoms with E-state index in [1.807, 2.05) is 0 Å². The first-order chi connectivity index (χ1) is 7.95. The topological polar surface area (TPSA) is 64.6 Å². The van der Waals surface area contributed by atoms with Crippen molar-refractivity contribution >= 4 is 0 Å². The summed E-state index contributed by atoms with van der Waals surface area (Å²) in [6.45, 7) is 0.208. The van der Waals surface area contributed by atoms with Gasteiger partial charge in [0, 0.05) is 0 Å². The van der Waals surface area contributed by atoms with Crippen molar-refractivity contribution in [1.82, 2.24) is 0 Å². The molecule has 3 aliphatic rings. The molecule has 0 saturated carbocycles. The first-order valence-electron chi connectivity index (χ1n) is 4.62. The van der Waals surface area contributed by atoms with Crippen molar-refractivity contribution in [3.8, 4) is 34.5 Å². The number of hydrogen-bond donors (Lipinski definition) is 0. The van der Waals surface area contributed by atoms with Crippen molar-refractivity contribution in [2.75, 3.05) is 20.4 Å². The zero-order valence-electron chi connectivity index (χ0n) is 7.98. The zero-order chi connectivity index (χ0) is 10.5. The minimum absolute atomic E-state index is 0.0115. The van der Waals surface area contributed by atoms with E-state index < -0.39 is 0 Å². The second kappa shape index (κ2) is 2.76. The molecular weight excluding hydrogens is 220 g/mol. The molecule has 0 saturated heterocycles. The van der Waals surface area contributed by atoms with Crippen LogP contribution >= 0.6 is 0 Å². The smallest absolute Gasteiger partial charge is 0.257 e. The average molecular weight is 226 g/mol. The normalized spacial score (nSPS) is 18.8. The third-order valence-corrected chi connectivity index (χ3v) is 2.44. The highest BCUT2D eigenvalue weighted by Gasteiger charge is 2.39. The van der Waals surface area contributed by atoms with E-state index in [-0.39, 0.29) is 20.4 Å². The van der Waals surface area contributed by atoms with Gasteiger partial charge < -0.3 is 28.6 Å². The quantitative estimate of drug-likeness (QED) is 0.606. The Morgan fingerprint density at radius 1 is 0.500 bits per heavy atom. The van der Waals surface area contributed by atoms with E-state index in [2.05, 4.69) is 0 Å². The van der Waals surface area contributed by atoms with Gasteiger partial charge in [-0.05, 0) is 0 Å². The summed E-state index contributed by atoms with van der Waals surface area (Å²) in [7, 11) is 0. The fourth-order valence-corrected chi connectivity index (χ4v) is 1.81. The molecule has 7 nitrogen and oxygen atoms in total. The van der Waals surface area contributed by atoms with Crippen LogP contribution in [0.1, 0.15) is 0 Å². The van der Waals surface area contributed by atoms with Crippen LogP contribution in [0.5, 0.6) is 34.5 Å². The molecule has 0 unspecified atom stereocenters. The molecule has 0 aliphatic carbocycles. The van der Waals surface area contributed by atoms with Gasteiger partial charge in [0.25, 0.3) is 5.75 Å². The molecule has 0 amide bonds. The summed E-state index contributed by atoms with van der Waals surface area (Å²) in [6, 6.07) is 0. The van der Waals surface area contributed by atoms with Gasteiger partial charge >= 0.3 is 0 Å². The summed E-state index contributed by atoms with van der Waals surface area (Å²) in [6.07, 6.45) is 0. The van der Waals surface area contributed by atoms with Gasteiger partial charge in [-0.2, -0.15) is 0 Å². The van der Waals surface area contributed by atoms with E-state index in [0.29, 0.717) is 34.5 Å². The van der Waals surface area contributed by atoms with Gasteiger partial charge in [0.2, 0.25) is 49.1 Å². The first-order valence-corrected chi connectivity index (χ1v) is 4.62. The fourth-order valence-electron chi connectivity index (χ4n) is 1.81. The summed E-state index contributed by atoms with van der Waals surface area (Å²) in [5, 5.41) is 0. The van der Waals surface area contributed by atoms with Gasteiger partial charge in [-0.3, -0.25) is 0 Å². The molecule has 3 heterocycles. The summed E-state index contributed by atoms with van der Waals surface area (Å²) < 4.78 is 26.5. The Balaban J connectivity index is 2.03. The van der Waals surface area contributed by atoms with Crippen LogP contribution in [0, 0.1) is 0 Å². The molecule has 7 heteroatoms. The maximum atomic E-state index is 5.30.